The van der Waals surface area contributed by atoms with Crippen LogP contribution in [0.1, 0.15) is 5.56 Å². The Hall–Kier alpha value is -2.62. The van der Waals surface area contributed by atoms with Crippen LogP contribution in [0.3, 0.4) is 0 Å². The molecule has 3 aromatic rings. The Labute approximate surface area is 176 Å². The average Bonchev–Trinajstić information content (AvgIpc) is 3.02. The maximum Gasteiger partial charge on any atom is 0.274 e. The molecule has 0 aliphatic carbocycles. The number of anilines is 1. The summed E-state index contributed by atoms with van der Waals surface area (Å²) in [4.78, 5) is 27.6. The maximum absolute atomic E-state index is 12.4. The number of rotatable bonds is 8. The van der Waals surface area contributed by atoms with Gasteiger partial charge in [0.25, 0.3) is 5.69 Å². The van der Waals surface area contributed by atoms with Crippen LogP contribution in [0.5, 0.6) is 0 Å². The van der Waals surface area contributed by atoms with Gasteiger partial charge in [0, 0.05) is 24.7 Å². The van der Waals surface area contributed by atoms with Gasteiger partial charge in [-0.15, -0.1) is 0 Å². The molecular formula is C19H19ClN4O4S. The van der Waals surface area contributed by atoms with Crippen LogP contribution in [-0.4, -0.2) is 39.9 Å². The van der Waals surface area contributed by atoms with Gasteiger partial charge in [-0.25, -0.2) is 4.98 Å². The number of amides is 1. The molecule has 0 bridgehead atoms. The third kappa shape index (κ3) is 4.87. The first-order valence-corrected chi connectivity index (χ1v) is 10.1. The highest BCUT2D eigenvalue weighted by Gasteiger charge is 2.17. The van der Waals surface area contributed by atoms with Gasteiger partial charge in [-0.05, 0) is 31.2 Å². The van der Waals surface area contributed by atoms with Crippen molar-refractivity contribution in [2.75, 3.05) is 24.8 Å². The quantitative estimate of drug-likeness (QED) is 0.322. The zero-order valence-electron chi connectivity index (χ0n) is 15.8. The number of imidazole rings is 1. The molecule has 0 spiro atoms. The second kappa shape index (κ2) is 9.25. The van der Waals surface area contributed by atoms with E-state index in [-0.39, 0.29) is 17.3 Å². The molecule has 0 aliphatic rings. The molecular weight excluding hydrogens is 416 g/mol. The van der Waals surface area contributed by atoms with E-state index < -0.39 is 4.92 Å². The van der Waals surface area contributed by atoms with Crippen molar-refractivity contribution >= 4 is 51.7 Å². The molecule has 2 aromatic carbocycles. The minimum absolute atomic E-state index is 0.0336. The standard InChI is InChI=1S/C19H19ClN4O4S/c1-12-14(4-3-5-16(12)24(26)27)21-18(25)11-29-19-22-15-10-13(20)6-7-17(15)23(19)8-9-28-2/h3-7,10H,8-9,11H2,1-2H3,(H,21,25). The Morgan fingerprint density at radius 3 is 2.90 bits per heavy atom. The summed E-state index contributed by atoms with van der Waals surface area (Å²) in [5.74, 6) is -0.173. The molecule has 0 fully saturated rings. The highest BCUT2D eigenvalue weighted by molar-refractivity contribution is 7.99. The zero-order chi connectivity index (χ0) is 21.0. The molecule has 3 rings (SSSR count). The van der Waals surface area contributed by atoms with E-state index in [0.717, 1.165) is 11.0 Å². The van der Waals surface area contributed by atoms with Crippen LogP contribution in [0.4, 0.5) is 11.4 Å². The van der Waals surface area contributed by atoms with Gasteiger partial charge in [-0.1, -0.05) is 29.4 Å². The summed E-state index contributed by atoms with van der Waals surface area (Å²) in [6, 6.07) is 10.0. The van der Waals surface area contributed by atoms with Gasteiger partial charge >= 0.3 is 0 Å². The first-order chi connectivity index (χ1) is 13.9. The number of nitrogens with one attached hydrogen (secondary N) is 1. The molecule has 152 valence electrons. The average molecular weight is 435 g/mol. The zero-order valence-corrected chi connectivity index (χ0v) is 17.4. The molecule has 8 nitrogen and oxygen atoms in total. The minimum atomic E-state index is -0.469. The lowest BCUT2D eigenvalue weighted by Gasteiger charge is -2.10. The molecule has 0 aliphatic heterocycles. The number of nitro benzene ring substituents is 1. The van der Waals surface area contributed by atoms with Crippen molar-refractivity contribution in [2.45, 2.75) is 18.6 Å². The number of thioether (sulfide) groups is 1. The van der Waals surface area contributed by atoms with Crippen LogP contribution < -0.4 is 5.32 Å². The van der Waals surface area contributed by atoms with E-state index in [2.05, 4.69) is 10.3 Å². The fourth-order valence-electron chi connectivity index (χ4n) is 2.86. The molecule has 10 heteroatoms. The van der Waals surface area contributed by atoms with Crippen LogP contribution in [0.2, 0.25) is 5.02 Å². The lowest BCUT2D eigenvalue weighted by Crippen LogP contribution is -2.16. The van der Waals surface area contributed by atoms with E-state index >= 15 is 0 Å². The Morgan fingerprint density at radius 1 is 1.38 bits per heavy atom. The normalized spacial score (nSPS) is 11.0. The summed E-state index contributed by atoms with van der Waals surface area (Å²) >= 11 is 7.34. The summed E-state index contributed by atoms with van der Waals surface area (Å²) in [6.45, 7) is 2.69. The topological polar surface area (TPSA) is 99.3 Å². The highest BCUT2D eigenvalue weighted by Crippen LogP contribution is 2.28. The van der Waals surface area contributed by atoms with Crippen molar-refractivity contribution in [3.8, 4) is 0 Å². The Kier molecular flexibility index (Phi) is 6.73. The van der Waals surface area contributed by atoms with Crippen LogP contribution in [0, 0.1) is 17.0 Å². The van der Waals surface area contributed by atoms with Crippen LogP contribution in [-0.2, 0) is 16.1 Å². The van der Waals surface area contributed by atoms with Gasteiger partial charge in [-0.2, -0.15) is 0 Å². The summed E-state index contributed by atoms with van der Waals surface area (Å²) in [5.41, 5.74) is 2.45. The summed E-state index contributed by atoms with van der Waals surface area (Å²) < 4.78 is 7.15. The Bertz CT molecular complexity index is 1070. The molecule has 0 radical (unpaired) electrons. The number of carbonyl (C=O) groups is 1. The van der Waals surface area contributed by atoms with Crippen LogP contribution in [0.15, 0.2) is 41.6 Å². The molecule has 29 heavy (non-hydrogen) atoms. The van der Waals surface area contributed by atoms with E-state index in [4.69, 9.17) is 16.3 Å². The largest absolute Gasteiger partial charge is 0.383 e. The lowest BCUT2D eigenvalue weighted by molar-refractivity contribution is -0.385. The van der Waals surface area contributed by atoms with Gasteiger partial charge < -0.3 is 14.6 Å². The molecule has 0 atom stereocenters. The number of fused-ring (bicyclic) bond motifs is 1. The molecule has 1 N–H and O–H groups in total. The van der Waals surface area contributed by atoms with Crippen molar-refractivity contribution in [2.24, 2.45) is 0 Å². The second-order valence-corrected chi connectivity index (χ2v) is 7.59. The van der Waals surface area contributed by atoms with E-state index in [1.54, 1.807) is 38.3 Å². The number of methoxy groups -OCH3 is 1. The number of hydrogen-bond acceptors (Lipinski definition) is 6. The summed E-state index contributed by atoms with van der Waals surface area (Å²) in [5, 5.41) is 15.1. The highest BCUT2D eigenvalue weighted by atomic mass is 35.5. The molecule has 0 unspecified atom stereocenters. The van der Waals surface area contributed by atoms with Crippen molar-refractivity contribution in [3.05, 3.63) is 57.1 Å². The SMILES string of the molecule is COCCn1c(SCC(=O)Nc2cccc([N+](=O)[O-])c2C)nc2cc(Cl)ccc21. The van der Waals surface area contributed by atoms with E-state index in [1.165, 1.54) is 17.8 Å². The summed E-state index contributed by atoms with van der Waals surface area (Å²) in [6.07, 6.45) is 0. The second-order valence-electron chi connectivity index (χ2n) is 6.22. The molecule has 1 aromatic heterocycles. The van der Waals surface area contributed by atoms with Gasteiger partial charge in [0.05, 0.1) is 39.6 Å². The predicted molar refractivity (Wildman–Crippen MR) is 114 cm³/mol. The molecule has 1 amide bonds. The fourth-order valence-corrected chi connectivity index (χ4v) is 3.87. The fraction of sp³-hybridized carbons (Fsp3) is 0.263. The number of ether oxygens (including phenoxy) is 1. The Balaban J connectivity index is 1.75. The first kappa shape index (κ1) is 21.1. The van der Waals surface area contributed by atoms with Gasteiger partial charge in [0.15, 0.2) is 5.16 Å². The molecule has 1 heterocycles. The first-order valence-electron chi connectivity index (χ1n) is 8.72. The van der Waals surface area contributed by atoms with E-state index in [0.29, 0.717) is 34.6 Å². The van der Waals surface area contributed by atoms with Crippen molar-refractivity contribution < 1.29 is 14.5 Å². The molecule has 0 saturated heterocycles. The van der Waals surface area contributed by atoms with Crippen LogP contribution >= 0.6 is 23.4 Å². The number of aromatic nitrogens is 2. The van der Waals surface area contributed by atoms with Crippen molar-refractivity contribution in [1.29, 1.82) is 0 Å². The van der Waals surface area contributed by atoms with E-state index in [9.17, 15) is 14.9 Å². The smallest absolute Gasteiger partial charge is 0.274 e. The van der Waals surface area contributed by atoms with Crippen molar-refractivity contribution in [1.82, 2.24) is 9.55 Å². The monoisotopic (exact) mass is 434 g/mol. The number of benzene rings is 2. The van der Waals surface area contributed by atoms with Gasteiger partial charge in [0.1, 0.15) is 0 Å². The number of halogens is 1. The predicted octanol–water partition coefficient (Wildman–Crippen LogP) is 4.28. The Morgan fingerprint density at radius 2 is 2.17 bits per heavy atom. The van der Waals surface area contributed by atoms with Gasteiger partial charge in [-0.3, -0.25) is 14.9 Å². The van der Waals surface area contributed by atoms with Crippen molar-refractivity contribution in [3.63, 3.8) is 0 Å². The van der Waals surface area contributed by atoms with Crippen LogP contribution in [0.25, 0.3) is 11.0 Å². The lowest BCUT2D eigenvalue weighted by atomic mass is 10.1. The number of nitro groups is 1. The number of hydrogen-bond donors (Lipinski definition) is 1. The number of carbonyl (C=O) groups excluding carboxylic acids is 1. The number of nitrogens with zero attached hydrogens (tertiary/aromatic N) is 3. The third-order valence-corrected chi connectivity index (χ3v) is 5.51. The third-order valence-electron chi connectivity index (χ3n) is 4.30. The molecule has 0 saturated carbocycles. The summed E-state index contributed by atoms with van der Waals surface area (Å²) in [7, 11) is 1.62. The maximum atomic E-state index is 12.4. The van der Waals surface area contributed by atoms with Gasteiger partial charge in [0.2, 0.25) is 5.91 Å². The van der Waals surface area contributed by atoms with E-state index in [1.807, 2.05) is 10.6 Å². The minimum Gasteiger partial charge on any atom is -0.383 e.